The van der Waals surface area contributed by atoms with E-state index >= 15 is 0 Å². The highest BCUT2D eigenvalue weighted by Crippen LogP contribution is 2.59. The first-order chi connectivity index (χ1) is 10.0. The predicted octanol–water partition coefficient (Wildman–Crippen LogP) is 2.79. The van der Waals surface area contributed by atoms with Crippen molar-refractivity contribution in [1.29, 1.82) is 0 Å². The number of phenols is 1. The maximum absolute atomic E-state index is 12.3. The van der Waals surface area contributed by atoms with Crippen LogP contribution >= 0.6 is 0 Å². The Balaban J connectivity index is 1.77. The van der Waals surface area contributed by atoms with Crippen molar-refractivity contribution < 1.29 is 15.0 Å². The molecule has 5 atom stereocenters. The molecule has 0 heterocycles. The van der Waals surface area contributed by atoms with Gasteiger partial charge in [0.15, 0.2) is 0 Å². The van der Waals surface area contributed by atoms with Crippen molar-refractivity contribution in [2.24, 2.45) is 17.3 Å². The largest absolute Gasteiger partial charge is 0.508 e. The number of hydrogen-bond acceptors (Lipinski definition) is 3. The summed E-state index contributed by atoms with van der Waals surface area (Å²) in [7, 11) is 0. The van der Waals surface area contributed by atoms with Crippen LogP contribution in [0.25, 0.3) is 0 Å². The van der Waals surface area contributed by atoms with Crippen LogP contribution in [0.2, 0.25) is 0 Å². The number of aliphatic hydroxyl groups excluding tert-OH is 1. The van der Waals surface area contributed by atoms with E-state index in [-0.39, 0.29) is 5.78 Å². The number of rotatable bonds is 0. The fourth-order valence-corrected chi connectivity index (χ4v) is 5.35. The summed E-state index contributed by atoms with van der Waals surface area (Å²) in [5, 5.41) is 20.3. The molecule has 0 spiro atoms. The highest BCUT2D eigenvalue weighted by atomic mass is 16.3. The molecule has 4 rings (SSSR count). The number of hydrogen-bond donors (Lipinski definition) is 2. The van der Waals surface area contributed by atoms with Crippen molar-refractivity contribution in [3.63, 3.8) is 0 Å². The van der Waals surface area contributed by atoms with E-state index in [2.05, 4.69) is 0 Å². The first-order valence-electron chi connectivity index (χ1n) is 8.05. The van der Waals surface area contributed by atoms with Crippen LogP contribution in [0, 0.1) is 17.3 Å². The molecule has 3 aliphatic carbocycles. The molecule has 0 saturated heterocycles. The Morgan fingerprint density at radius 1 is 1.24 bits per heavy atom. The Kier molecular flexibility index (Phi) is 2.74. The van der Waals surface area contributed by atoms with Crippen molar-refractivity contribution in [3.05, 3.63) is 29.3 Å². The molecule has 2 N–H and O–H groups in total. The molecule has 0 aliphatic heterocycles. The summed E-state index contributed by atoms with van der Waals surface area (Å²) in [5.41, 5.74) is 1.98. The zero-order chi connectivity index (χ0) is 14.8. The number of Topliss-reactive ketones (excluding diaryl/α,β-unsaturated/α-hetero) is 1. The SMILES string of the molecule is C[C@@]12C(=O)CC[C@H]1[C@@H]1CCc3cc(O)ccc3[C@H]1C[C@H]2O. The summed E-state index contributed by atoms with van der Waals surface area (Å²) in [5.74, 6) is 1.75. The van der Waals surface area contributed by atoms with E-state index < -0.39 is 11.5 Å². The molecule has 2 saturated carbocycles. The van der Waals surface area contributed by atoms with E-state index in [1.807, 2.05) is 19.1 Å². The number of aromatic hydroxyl groups is 1. The molecule has 1 aromatic rings. The average molecular weight is 286 g/mol. The summed E-state index contributed by atoms with van der Waals surface area (Å²) in [6.07, 6.45) is 3.76. The smallest absolute Gasteiger partial charge is 0.141 e. The molecule has 0 bridgehead atoms. The Morgan fingerprint density at radius 2 is 2.05 bits per heavy atom. The second-order valence-corrected chi connectivity index (χ2v) is 7.29. The number of carbonyl (C=O) groups excluding carboxylic acids is 1. The van der Waals surface area contributed by atoms with Crippen LogP contribution < -0.4 is 0 Å². The second kappa shape index (κ2) is 4.33. The minimum atomic E-state index is -0.529. The molecule has 3 nitrogen and oxygen atoms in total. The van der Waals surface area contributed by atoms with Crippen LogP contribution in [0.15, 0.2) is 18.2 Å². The lowest BCUT2D eigenvalue weighted by Crippen LogP contribution is -2.51. The van der Waals surface area contributed by atoms with Gasteiger partial charge in [0.25, 0.3) is 0 Å². The lowest BCUT2D eigenvalue weighted by atomic mass is 9.54. The minimum absolute atomic E-state index is 0.259. The van der Waals surface area contributed by atoms with Crippen LogP contribution in [-0.4, -0.2) is 22.1 Å². The van der Waals surface area contributed by atoms with E-state index in [1.54, 1.807) is 6.07 Å². The van der Waals surface area contributed by atoms with E-state index in [0.717, 1.165) is 19.3 Å². The van der Waals surface area contributed by atoms with E-state index in [9.17, 15) is 15.0 Å². The zero-order valence-electron chi connectivity index (χ0n) is 12.4. The normalized spacial score (nSPS) is 41.3. The summed E-state index contributed by atoms with van der Waals surface area (Å²) in [4.78, 5) is 12.3. The minimum Gasteiger partial charge on any atom is -0.508 e. The van der Waals surface area contributed by atoms with Gasteiger partial charge in [0.2, 0.25) is 0 Å². The fraction of sp³-hybridized carbons (Fsp3) is 0.611. The molecule has 3 aliphatic rings. The molecule has 1 aromatic carbocycles. The Morgan fingerprint density at radius 3 is 2.86 bits per heavy atom. The molecular weight excluding hydrogens is 264 g/mol. The topological polar surface area (TPSA) is 57.5 Å². The van der Waals surface area contributed by atoms with Crippen LogP contribution in [-0.2, 0) is 11.2 Å². The Bertz CT molecular complexity index is 608. The lowest BCUT2D eigenvalue weighted by Gasteiger charge is -2.50. The molecule has 0 aromatic heterocycles. The molecule has 2 fully saturated rings. The summed E-state index contributed by atoms with van der Waals surface area (Å²) < 4.78 is 0. The lowest BCUT2D eigenvalue weighted by molar-refractivity contribution is -0.140. The van der Waals surface area contributed by atoms with Gasteiger partial charge in [-0.1, -0.05) is 6.07 Å². The van der Waals surface area contributed by atoms with Crippen LogP contribution in [0.5, 0.6) is 5.75 Å². The van der Waals surface area contributed by atoms with Crippen LogP contribution in [0.4, 0.5) is 0 Å². The van der Waals surface area contributed by atoms with Gasteiger partial charge in [0, 0.05) is 6.42 Å². The molecule has 0 radical (unpaired) electrons. The maximum Gasteiger partial charge on any atom is 0.141 e. The molecule has 0 unspecified atom stereocenters. The second-order valence-electron chi connectivity index (χ2n) is 7.29. The zero-order valence-corrected chi connectivity index (χ0v) is 12.4. The van der Waals surface area contributed by atoms with Crippen molar-refractivity contribution in [1.82, 2.24) is 0 Å². The van der Waals surface area contributed by atoms with Crippen molar-refractivity contribution >= 4 is 5.78 Å². The van der Waals surface area contributed by atoms with Crippen LogP contribution in [0.3, 0.4) is 0 Å². The molecule has 21 heavy (non-hydrogen) atoms. The summed E-state index contributed by atoms with van der Waals surface area (Å²) in [6, 6.07) is 5.64. The average Bonchev–Trinajstić information content (AvgIpc) is 2.77. The van der Waals surface area contributed by atoms with E-state index in [4.69, 9.17) is 0 Å². The van der Waals surface area contributed by atoms with Crippen molar-refractivity contribution in [2.75, 3.05) is 0 Å². The van der Waals surface area contributed by atoms with Gasteiger partial charge >= 0.3 is 0 Å². The summed E-state index contributed by atoms with van der Waals surface area (Å²) in [6.45, 7) is 1.99. The molecular formula is C18H22O3. The van der Waals surface area contributed by atoms with Crippen molar-refractivity contribution in [3.8, 4) is 5.75 Å². The first-order valence-corrected chi connectivity index (χ1v) is 8.05. The van der Waals surface area contributed by atoms with Gasteiger partial charge in [-0.15, -0.1) is 0 Å². The third kappa shape index (κ3) is 1.67. The number of carbonyl (C=O) groups is 1. The van der Waals surface area contributed by atoms with E-state index in [0.29, 0.717) is 36.3 Å². The fourth-order valence-electron chi connectivity index (χ4n) is 5.35. The Labute approximate surface area is 125 Å². The third-order valence-electron chi connectivity index (χ3n) is 6.53. The maximum atomic E-state index is 12.3. The quantitative estimate of drug-likeness (QED) is 0.771. The van der Waals surface area contributed by atoms with Crippen molar-refractivity contribution in [2.45, 2.75) is 51.0 Å². The number of phenolic OH excluding ortho intramolecular Hbond substituents is 1. The third-order valence-corrected chi connectivity index (χ3v) is 6.53. The van der Waals surface area contributed by atoms with Gasteiger partial charge in [-0.2, -0.15) is 0 Å². The van der Waals surface area contributed by atoms with E-state index in [1.165, 1.54) is 11.1 Å². The first kappa shape index (κ1) is 13.3. The van der Waals surface area contributed by atoms with Gasteiger partial charge in [-0.05, 0) is 73.6 Å². The monoisotopic (exact) mass is 286 g/mol. The summed E-state index contributed by atoms with van der Waals surface area (Å²) >= 11 is 0. The number of aliphatic hydroxyl groups is 1. The Hall–Kier alpha value is -1.35. The highest BCUT2D eigenvalue weighted by molar-refractivity contribution is 5.88. The molecule has 112 valence electrons. The highest BCUT2D eigenvalue weighted by Gasteiger charge is 2.59. The van der Waals surface area contributed by atoms with Gasteiger partial charge in [0.05, 0.1) is 11.5 Å². The van der Waals surface area contributed by atoms with Gasteiger partial charge in [-0.25, -0.2) is 0 Å². The van der Waals surface area contributed by atoms with Gasteiger partial charge in [-0.3, -0.25) is 4.79 Å². The van der Waals surface area contributed by atoms with Crippen LogP contribution in [0.1, 0.15) is 49.7 Å². The standard InChI is InChI=1S/C18H22O3/c1-18-15(6-7-16(18)20)13-4-2-10-8-11(19)3-5-12(10)14(13)9-17(18)21/h3,5,8,13-15,17,19,21H,2,4,6-7,9H2,1H3/t13-,14-,15+,17-,18+/m1/s1. The van der Waals surface area contributed by atoms with Gasteiger partial charge < -0.3 is 10.2 Å². The molecule has 3 heteroatoms. The predicted molar refractivity (Wildman–Crippen MR) is 79.1 cm³/mol. The van der Waals surface area contributed by atoms with Gasteiger partial charge in [0.1, 0.15) is 11.5 Å². The number of benzene rings is 1. The number of aryl methyl sites for hydroxylation is 1. The number of ketones is 1. The molecule has 0 amide bonds. The number of fused-ring (bicyclic) bond motifs is 5.